The van der Waals surface area contributed by atoms with E-state index in [0.29, 0.717) is 5.92 Å². The molecule has 2 N–H and O–H groups in total. The maximum atomic E-state index is 5.94. The molecule has 94 valence electrons. The van der Waals surface area contributed by atoms with Gasteiger partial charge in [-0.1, -0.05) is 6.92 Å². The van der Waals surface area contributed by atoms with Crippen molar-refractivity contribution in [2.24, 2.45) is 11.7 Å². The van der Waals surface area contributed by atoms with Crippen molar-refractivity contribution >= 4 is 0 Å². The molecule has 2 heterocycles. The minimum Gasteiger partial charge on any atom is -0.381 e. The van der Waals surface area contributed by atoms with Crippen molar-refractivity contribution < 1.29 is 4.74 Å². The van der Waals surface area contributed by atoms with Gasteiger partial charge in [-0.25, -0.2) is 9.97 Å². The van der Waals surface area contributed by atoms with Gasteiger partial charge in [0.1, 0.15) is 5.82 Å². The number of hydrogen-bond acceptors (Lipinski definition) is 4. The normalized spacial score (nSPS) is 21.6. The topological polar surface area (TPSA) is 61.0 Å². The number of hydrogen-bond donors (Lipinski definition) is 1. The third-order valence-electron chi connectivity index (χ3n) is 3.25. The van der Waals surface area contributed by atoms with Gasteiger partial charge >= 0.3 is 0 Å². The number of rotatable bonds is 5. The molecule has 4 nitrogen and oxygen atoms in total. The Bertz CT molecular complexity index is 350. The standard InChI is InChI=1S/C13H21N3O/c1-2-11(14)8-12-3-5-15-13(16-12)7-10-4-6-17-9-10/h3,5,10-11H,2,4,6-9,14H2,1H3. The van der Waals surface area contributed by atoms with E-state index in [-0.39, 0.29) is 6.04 Å². The van der Waals surface area contributed by atoms with Gasteiger partial charge in [-0.2, -0.15) is 0 Å². The zero-order chi connectivity index (χ0) is 12.1. The molecule has 0 aromatic carbocycles. The summed E-state index contributed by atoms with van der Waals surface area (Å²) < 4.78 is 5.37. The van der Waals surface area contributed by atoms with Crippen LogP contribution in [-0.4, -0.2) is 29.2 Å². The van der Waals surface area contributed by atoms with Crippen molar-refractivity contribution in [3.63, 3.8) is 0 Å². The van der Waals surface area contributed by atoms with Crippen LogP contribution >= 0.6 is 0 Å². The van der Waals surface area contributed by atoms with Crippen molar-refractivity contribution in [3.8, 4) is 0 Å². The van der Waals surface area contributed by atoms with Crippen molar-refractivity contribution in [2.45, 2.75) is 38.6 Å². The van der Waals surface area contributed by atoms with Crippen molar-refractivity contribution in [3.05, 3.63) is 23.8 Å². The van der Waals surface area contributed by atoms with Crippen LogP contribution in [0.25, 0.3) is 0 Å². The summed E-state index contributed by atoms with van der Waals surface area (Å²) in [6, 6.07) is 2.16. The van der Waals surface area contributed by atoms with Crippen LogP contribution in [-0.2, 0) is 17.6 Å². The lowest BCUT2D eigenvalue weighted by Crippen LogP contribution is -2.22. The first kappa shape index (κ1) is 12.5. The first-order valence-corrected chi connectivity index (χ1v) is 6.42. The molecule has 2 unspecified atom stereocenters. The second-order valence-electron chi connectivity index (χ2n) is 4.77. The lowest BCUT2D eigenvalue weighted by molar-refractivity contribution is 0.185. The minimum absolute atomic E-state index is 0.201. The summed E-state index contributed by atoms with van der Waals surface area (Å²) in [6.45, 7) is 3.83. The third kappa shape index (κ3) is 3.75. The Labute approximate surface area is 103 Å². The average molecular weight is 235 g/mol. The maximum Gasteiger partial charge on any atom is 0.128 e. The Morgan fingerprint density at radius 1 is 1.59 bits per heavy atom. The van der Waals surface area contributed by atoms with Gasteiger partial charge in [0, 0.05) is 44.0 Å². The van der Waals surface area contributed by atoms with Crippen LogP contribution in [0.15, 0.2) is 12.3 Å². The number of nitrogens with zero attached hydrogens (tertiary/aromatic N) is 2. The van der Waals surface area contributed by atoms with Gasteiger partial charge in [0.2, 0.25) is 0 Å². The van der Waals surface area contributed by atoms with Crippen LogP contribution in [0, 0.1) is 5.92 Å². The SMILES string of the molecule is CCC(N)Cc1ccnc(CC2CCOC2)n1. The van der Waals surface area contributed by atoms with Gasteiger partial charge in [-0.05, 0) is 24.8 Å². The van der Waals surface area contributed by atoms with E-state index in [1.54, 1.807) is 0 Å². The summed E-state index contributed by atoms with van der Waals surface area (Å²) in [5.41, 5.74) is 7.00. The van der Waals surface area contributed by atoms with Crippen LogP contribution in [0.5, 0.6) is 0 Å². The smallest absolute Gasteiger partial charge is 0.128 e. The average Bonchev–Trinajstić information content (AvgIpc) is 2.82. The van der Waals surface area contributed by atoms with E-state index in [1.165, 1.54) is 0 Å². The van der Waals surface area contributed by atoms with E-state index >= 15 is 0 Å². The van der Waals surface area contributed by atoms with E-state index in [9.17, 15) is 0 Å². The van der Waals surface area contributed by atoms with E-state index in [1.807, 2.05) is 12.3 Å². The van der Waals surface area contributed by atoms with Crippen molar-refractivity contribution in [2.75, 3.05) is 13.2 Å². The molecule has 4 heteroatoms. The molecule has 1 aromatic rings. The van der Waals surface area contributed by atoms with Crippen molar-refractivity contribution in [1.29, 1.82) is 0 Å². The van der Waals surface area contributed by atoms with Crippen molar-refractivity contribution in [1.82, 2.24) is 9.97 Å². The lowest BCUT2D eigenvalue weighted by atomic mass is 10.0. The zero-order valence-electron chi connectivity index (χ0n) is 10.4. The minimum atomic E-state index is 0.201. The van der Waals surface area contributed by atoms with E-state index < -0.39 is 0 Å². The highest BCUT2D eigenvalue weighted by Gasteiger charge is 2.17. The van der Waals surface area contributed by atoms with Gasteiger partial charge in [-0.3, -0.25) is 0 Å². The highest BCUT2D eigenvalue weighted by atomic mass is 16.5. The number of aromatic nitrogens is 2. The van der Waals surface area contributed by atoms with Crippen LogP contribution in [0.1, 0.15) is 31.3 Å². The summed E-state index contributed by atoms with van der Waals surface area (Å²) in [4.78, 5) is 8.91. The predicted molar refractivity (Wildman–Crippen MR) is 66.6 cm³/mol. The van der Waals surface area contributed by atoms with Gasteiger partial charge in [0.15, 0.2) is 0 Å². The molecule has 0 aliphatic carbocycles. The van der Waals surface area contributed by atoms with Gasteiger partial charge < -0.3 is 10.5 Å². The Morgan fingerprint density at radius 3 is 3.18 bits per heavy atom. The fraction of sp³-hybridized carbons (Fsp3) is 0.692. The molecule has 0 bridgehead atoms. The highest BCUT2D eigenvalue weighted by molar-refractivity contribution is 5.05. The molecular weight excluding hydrogens is 214 g/mol. The van der Waals surface area contributed by atoms with Gasteiger partial charge in [-0.15, -0.1) is 0 Å². The molecule has 0 spiro atoms. The quantitative estimate of drug-likeness (QED) is 0.836. The zero-order valence-corrected chi connectivity index (χ0v) is 10.4. The largest absolute Gasteiger partial charge is 0.381 e. The van der Waals surface area contributed by atoms with Crippen LogP contribution in [0.3, 0.4) is 0 Å². The number of nitrogens with two attached hydrogens (primary N) is 1. The van der Waals surface area contributed by atoms with Crippen LogP contribution in [0.4, 0.5) is 0 Å². The first-order valence-electron chi connectivity index (χ1n) is 6.42. The van der Waals surface area contributed by atoms with E-state index in [0.717, 1.165) is 50.4 Å². The summed E-state index contributed by atoms with van der Waals surface area (Å²) in [7, 11) is 0. The number of ether oxygens (including phenoxy) is 1. The monoisotopic (exact) mass is 235 g/mol. The molecule has 0 saturated carbocycles. The van der Waals surface area contributed by atoms with Crippen LogP contribution in [0.2, 0.25) is 0 Å². The summed E-state index contributed by atoms with van der Waals surface area (Å²) in [5, 5.41) is 0. The third-order valence-corrected chi connectivity index (χ3v) is 3.25. The molecule has 1 aliphatic rings. The molecule has 0 radical (unpaired) electrons. The predicted octanol–water partition coefficient (Wildman–Crippen LogP) is 1.34. The van der Waals surface area contributed by atoms with Gasteiger partial charge in [0.25, 0.3) is 0 Å². The molecule has 2 atom stereocenters. The second kappa shape index (κ2) is 6.07. The summed E-state index contributed by atoms with van der Waals surface area (Å²) in [5.74, 6) is 1.52. The molecule has 2 rings (SSSR count). The summed E-state index contributed by atoms with van der Waals surface area (Å²) >= 11 is 0. The van der Waals surface area contributed by atoms with E-state index in [4.69, 9.17) is 10.5 Å². The summed E-state index contributed by atoms with van der Waals surface area (Å²) in [6.07, 6.45) is 5.72. The Balaban J connectivity index is 1.95. The first-order chi connectivity index (χ1) is 8.28. The molecule has 17 heavy (non-hydrogen) atoms. The fourth-order valence-electron chi connectivity index (χ4n) is 2.07. The van der Waals surface area contributed by atoms with E-state index in [2.05, 4.69) is 16.9 Å². The molecule has 1 aromatic heterocycles. The highest BCUT2D eigenvalue weighted by Crippen LogP contribution is 2.16. The van der Waals surface area contributed by atoms with Gasteiger partial charge in [0.05, 0.1) is 0 Å². The fourth-order valence-corrected chi connectivity index (χ4v) is 2.07. The maximum absolute atomic E-state index is 5.94. The second-order valence-corrected chi connectivity index (χ2v) is 4.77. The van der Waals surface area contributed by atoms with Crippen LogP contribution < -0.4 is 5.73 Å². The Kier molecular flexibility index (Phi) is 4.45. The molecule has 1 aliphatic heterocycles. The molecular formula is C13H21N3O. The Morgan fingerprint density at radius 2 is 2.47 bits per heavy atom. The molecule has 0 amide bonds. The lowest BCUT2D eigenvalue weighted by Gasteiger charge is -2.10. The molecule has 1 saturated heterocycles. The Hall–Kier alpha value is -1.00. The molecule has 1 fully saturated rings.